The Morgan fingerprint density at radius 1 is 1.42 bits per heavy atom. The number of ether oxygens (including phenoxy) is 1. The van der Waals surface area contributed by atoms with Crippen LogP contribution in [0.25, 0.3) is 0 Å². The van der Waals surface area contributed by atoms with Gasteiger partial charge in [0.25, 0.3) is 0 Å². The standard InChI is InChI=1S/C14H20FN3O/c15-12-6-2-1-5-11(12)14(17-16)13-8-18-7-3-4-10(18)9-19-13/h1-2,5-6,10,13-14,17H,3-4,7-9,16H2. The number of nitrogens with two attached hydrogens (primary N) is 1. The van der Waals surface area contributed by atoms with E-state index in [9.17, 15) is 4.39 Å². The zero-order valence-electron chi connectivity index (χ0n) is 10.9. The highest BCUT2D eigenvalue weighted by atomic mass is 19.1. The van der Waals surface area contributed by atoms with E-state index in [1.54, 1.807) is 12.1 Å². The van der Waals surface area contributed by atoms with Gasteiger partial charge < -0.3 is 4.74 Å². The molecule has 1 aromatic carbocycles. The van der Waals surface area contributed by atoms with Crippen LogP contribution in [-0.2, 0) is 4.74 Å². The molecule has 2 heterocycles. The first-order chi connectivity index (χ1) is 9.29. The molecule has 4 nitrogen and oxygen atoms in total. The first-order valence-corrected chi connectivity index (χ1v) is 6.86. The summed E-state index contributed by atoms with van der Waals surface area (Å²) in [6.45, 7) is 2.64. The Morgan fingerprint density at radius 2 is 2.26 bits per heavy atom. The third-order valence-electron chi connectivity index (χ3n) is 4.21. The van der Waals surface area contributed by atoms with E-state index in [2.05, 4.69) is 10.3 Å². The molecule has 2 saturated heterocycles. The number of morpholine rings is 1. The largest absolute Gasteiger partial charge is 0.373 e. The van der Waals surface area contributed by atoms with E-state index < -0.39 is 0 Å². The van der Waals surface area contributed by atoms with Gasteiger partial charge in [0, 0.05) is 18.2 Å². The Kier molecular flexibility index (Phi) is 3.79. The van der Waals surface area contributed by atoms with Crippen molar-refractivity contribution in [2.24, 2.45) is 5.84 Å². The molecule has 0 amide bonds. The van der Waals surface area contributed by atoms with Gasteiger partial charge in [-0.1, -0.05) is 18.2 Å². The van der Waals surface area contributed by atoms with Gasteiger partial charge in [-0.05, 0) is 25.5 Å². The van der Waals surface area contributed by atoms with Crippen LogP contribution < -0.4 is 11.3 Å². The molecule has 0 spiro atoms. The van der Waals surface area contributed by atoms with E-state index >= 15 is 0 Å². The lowest BCUT2D eigenvalue weighted by Gasteiger charge is -2.38. The Morgan fingerprint density at radius 3 is 3.05 bits per heavy atom. The summed E-state index contributed by atoms with van der Waals surface area (Å²) in [6, 6.07) is 6.97. The van der Waals surface area contributed by atoms with E-state index in [4.69, 9.17) is 10.6 Å². The second-order valence-corrected chi connectivity index (χ2v) is 5.33. The topological polar surface area (TPSA) is 50.5 Å². The van der Waals surface area contributed by atoms with Gasteiger partial charge in [-0.2, -0.15) is 0 Å². The van der Waals surface area contributed by atoms with E-state index in [1.807, 2.05) is 6.07 Å². The zero-order valence-corrected chi connectivity index (χ0v) is 10.9. The molecule has 1 aromatic rings. The summed E-state index contributed by atoms with van der Waals surface area (Å²) in [6.07, 6.45) is 2.32. The van der Waals surface area contributed by atoms with Crippen LogP contribution in [-0.4, -0.2) is 36.7 Å². The maximum absolute atomic E-state index is 13.9. The number of benzene rings is 1. The number of rotatable bonds is 3. The van der Waals surface area contributed by atoms with Crippen molar-refractivity contribution in [2.75, 3.05) is 19.7 Å². The number of hydrazine groups is 1. The maximum atomic E-state index is 13.9. The minimum Gasteiger partial charge on any atom is -0.373 e. The predicted molar refractivity (Wildman–Crippen MR) is 70.8 cm³/mol. The maximum Gasteiger partial charge on any atom is 0.128 e. The first-order valence-electron chi connectivity index (χ1n) is 6.86. The van der Waals surface area contributed by atoms with Crippen molar-refractivity contribution < 1.29 is 9.13 Å². The van der Waals surface area contributed by atoms with Gasteiger partial charge >= 0.3 is 0 Å². The van der Waals surface area contributed by atoms with Crippen molar-refractivity contribution in [2.45, 2.75) is 31.0 Å². The van der Waals surface area contributed by atoms with Gasteiger partial charge in [0.15, 0.2) is 0 Å². The molecule has 3 unspecified atom stereocenters. The predicted octanol–water partition coefficient (Wildman–Crippen LogP) is 1.19. The molecule has 3 N–H and O–H groups in total. The van der Waals surface area contributed by atoms with Crippen molar-refractivity contribution >= 4 is 0 Å². The normalized spacial score (nSPS) is 29.2. The van der Waals surface area contributed by atoms with Gasteiger partial charge in [0.1, 0.15) is 5.82 Å². The number of hydrogen-bond donors (Lipinski definition) is 2. The fraction of sp³-hybridized carbons (Fsp3) is 0.571. The Hall–Kier alpha value is -1.01. The number of hydrogen-bond acceptors (Lipinski definition) is 4. The molecule has 2 fully saturated rings. The lowest BCUT2D eigenvalue weighted by atomic mass is 9.99. The van der Waals surface area contributed by atoms with Crippen LogP contribution >= 0.6 is 0 Å². The van der Waals surface area contributed by atoms with E-state index in [-0.39, 0.29) is 18.0 Å². The van der Waals surface area contributed by atoms with Crippen LogP contribution in [0, 0.1) is 5.82 Å². The van der Waals surface area contributed by atoms with Crippen molar-refractivity contribution in [1.29, 1.82) is 0 Å². The van der Waals surface area contributed by atoms with Crippen LogP contribution in [0.1, 0.15) is 24.4 Å². The Balaban J connectivity index is 1.77. The SMILES string of the molecule is NNC(c1ccccc1F)C1CN2CCCC2CO1. The van der Waals surface area contributed by atoms with Crippen LogP contribution in [0.3, 0.4) is 0 Å². The average molecular weight is 265 g/mol. The monoisotopic (exact) mass is 265 g/mol. The van der Waals surface area contributed by atoms with Gasteiger partial charge in [0.2, 0.25) is 0 Å². The van der Waals surface area contributed by atoms with E-state index in [1.165, 1.54) is 18.9 Å². The molecule has 2 aliphatic rings. The van der Waals surface area contributed by atoms with Crippen molar-refractivity contribution in [1.82, 2.24) is 10.3 Å². The molecule has 0 bridgehead atoms. The van der Waals surface area contributed by atoms with Crippen molar-refractivity contribution in [3.05, 3.63) is 35.6 Å². The summed E-state index contributed by atoms with van der Waals surface area (Å²) in [4.78, 5) is 2.43. The average Bonchev–Trinajstić information content (AvgIpc) is 2.89. The lowest BCUT2D eigenvalue weighted by molar-refractivity contribution is -0.0657. The van der Waals surface area contributed by atoms with Gasteiger partial charge in [0.05, 0.1) is 18.8 Å². The molecule has 3 rings (SSSR count). The second-order valence-electron chi connectivity index (χ2n) is 5.33. The molecule has 0 aliphatic carbocycles. The Labute approximate surface area is 112 Å². The molecule has 3 atom stereocenters. The van der Waals surface area contributed by atoms with Crippen LogP contribution in [0.5, 0.6) is 0 Å². The second kappa shape index (κ2) is 5.54. The molecule has 0 aromatic heterocycles. The summed E-state index contributed by atoms with van der Waals surface area (Å²) in [5.74, 6) is 5.39. The van der Waals surface area contributed by atoms with Crippen LogP contribution in [0.2, 0.25) is 0 Å². The molecule has 0 saturated carbocycles. The van der Waals surface area contributed by atoms with Crippen LogP contribution in [0.15, 0.2) is 24.3 Å². The minimum atomic E-state index is -0.303. The number of halogens is 1. The van der Waals surface area contributed by atoms with E-state index in [0.717, 1.165) is 19.7 Å². The summed E-state index contributed by atoms with van der Waals surface area (Å²) in [7, 11) is 0. The van der Waals surface area contributed by atoms with Gasteiger partial charge in [-0.25, -0.2) is 4.39 Å². The molecule has 5 heteroatoms. The van der Waals surface area contributed by atoms with Crippen molar-refractivity contribution in [3.63, 3.8) is 0 Å². The third-order valence-corrected chi connectivity index (χ3v) is 4.21. The fourth-order valence-corrected chi connectivity index (χ4v) is 3.17. The molecule has 0 radical (unpaired) electrons. The number of fused-ring (bicyclic) bond motifs is 1. The number of nitrogens with one attached hydrogen (secondary N) is 1. The minimum absolute atomic E-state index is 0.101. The summed E-state index contributed by atoms with van der Waals surface area (Å²) in [5.41, 5.74) is 3.29. The van der Waals surface area contributed by atoms with Gasteiger partial charge in [-0.15, -0.1) is 0 Å². The smallest absolute Gasteiger partial charge is 0.128 e. The highest BCUT2D eigenvalue weighted by Crippen LogP contribution is 2.29. The van der Waals surface area contributed by atoms with E-state index in [0.29, 0.717) is 11.6 Å². The molecule has 19 heavy (non-hydrogen) atoms. The zero-order chi connectivity index (χ0) is 13.2. The number of nitrogens with zero attached hydrogens (tertiary/aromatic N) is 1. The third kappa shape index (κ3) is 2.51. The van der Waals surface area contributed by atoms with Crippen LogP contribution in [0.4, 0.5) is 4.39 Å². The van der Waals surface area contributed by atoms with Crippen molar-refractivity contribution in [3.8, 4) is 0 Å². The summed E-state index contributed by atoms with van der Waals surface area (Å²) in [5, 5.41) is 0. The lowest BCUT2D eigenvalue weighted by Crippen LogP contribution is -2.51. The molecule has 2 aliphatic heterocycles. The highest BCUT2D eigenvalue weighted by molar-refractivity contribution is 5.22. The van der Waals surface area contributed by atoms with Gasteiger partial charge in [-0.3, -0.25) is 16.2 Å². The summed E-state index contributed by atoms with van der Waals surface area (Å²) < 4.78 is 19.8. The Bertz CT molecular complexity index is 442. The molecular formula is C14H20FN3O. The quantitative estimate of drug-likeness (QED) is 0.637. The highest BCUT2D eigenvalue weighted by Gasteiger charge is 2.36. The summed E-state index contributed by atoms with van der Waals surface area (Å²) >= 11 is 0. The first kappa shape index (κ1) is 13.0. The fourth-order valence-electron chi connectivity index (χ4n) is 3.17. The molecule has 104 valence electrons. The molecular weight excluding hydrogens is 245 g/mol.